The lowest BCUT2D eigenvalue weighted by atomic mass is 9.86. The van der Waals surface area contributed by atoms with Gasteiger partial charge in [-0.05, 0) is 24.3 Å². The van der Waals surface area contributed by atoms with Crippen molar-refractivity contribution in [2.24, 2.45) is 0 Å². The van der Waals surface area contributed by atoms with E-state index in [0.717, 1.165) is 5.56 Å². The standard InChI is InChI=1S/C17H25NO3/c1-6-14(16(20)21)18-11(2)15(19)12-7-9-13(10-8-12)17(3,4)5/h7-11,14,18H,6H2,1-5H3,(H,20,21). The van der Waals surface area contributed by atoms with Crippen molar-refractivity contribution in [1.82, 2.24) is 5.32 Å². The summed E-state index contributed by atoms with van der Waals surface area (Å²) in [5.41, 5.74) is 1.81. The minimum atomic E-state index is -0.930. The van der Waals surface area contributed by atoms with Crippen LogP contribution in [-0.2, 0) is 10.2 Å². The number of nitrogens with one attached hydrogen (secondary N) is 1. The molecule has 1 rings (SSSR count). The zero-order valence-electron chi connectivity index (χ0n) is 13.4. The van der Waals surface area contributed by atoms with E-state index < -0.39 is 18.1 Å². The lowest BCUT2D eigenvalue weighted by molar-refractivity contribution is -0.139. The van der Waals surface area contributed by atoms with Crippen LogP contribution in [-0.4, -0.2) is 28.9 Å². The highest BCUT2D eigenvalue weighted by Gasteiger charge is 2.22. The molecule has 0 bridgehead atoms. The van der Waals surface area contributed by atoms with Gasteiger partial charge in [-0.25, -0.2) is 0 Å². The molecular formula is C17H25NO3. The monoisotopic (exact) mass is 291 g/mol. The molecule has 0 fully saturated rings. The minimum Gasteiger partial charge on any atom is -0.480 e. The van der Waals surface area contributed by atoms with Crippen molar-refractivity contribution < 1.29 is 14.7 Å². The van der Waals surface area contributed by atoms with E-state index >= 15 is 0 Å². The Morgan fingerprint density at radius 2 is 1.71 bits per heavy atom. The summed E-state index contributed by atoms with van der Waals surface area (Å²) < 4.78 is 0. The largest absolute Gasteiger partial charge is 0.480 e. The molecule has 0 heterocycles. The van der Waals surface area contributed by atoms with Crippen molar-refractivity contribution in [3.8, 4) is 0 Å². The molecule has 2 unspecified atom stereocenters. The quantitative estimate of drug-likeness (QED) is 0.791. The molecule has 0 aliphatic rings. The third-order valence-corrected chi connectivity index (χ3v) is 3.59. The highest BCUT2D eigenvalue weighted by Crippen LogP contribution is 2.22. The highest BCUT2D eigenvalue weighted by atomic mass is 16.4. The van der Waals surface area contributed by atoms with E-state index in [1.165, 1.54) is 0 Å². The summed E-state index contributed by atoms with van der Waals surface area (Å²) in [5.74, 6) is -1.02. The topological polar surface area (TPSA) is 66.4 Å². The molecule has 0 amide bonds. The van der Waals surface area contributed by atoms with Gasteiger partial charge in [0.2, 0.25) is 0 Å². The molecule has 4 heteroatoms. The van der Waals surface area contributed by atoms with E-state index in [1.807, 2.05) is 24.3 Å². The predicted molar refractivity (Wildman–Crippen MR) is 83.8 cm³/mol. The molecule has 0 aliphatic carbocycles. The zero-order chi connectivity index (χ0) is 16.2. The number of carboxylic acids is 1. The van der Waals surface area contributed by atoms with Crippen LogP contribution in [0.1, 0.15) is 57.0 Å². The molecule has 0 saturated heterocycles. The SMILES string of the molecule is CCC(NC(C)C(=O)c1ccc(C(C)(C)C)cc1)C(=O)O. The molecule has 2 atom stereocenters. The van der Waals surface area contributed by atoms with Crippen LogP contribution in [0.25, 0.3) is 0 Å². The van der Waals surface area contributed by atoms with E-state index in [1.54, 1.807) is 13.8 Å². The fourth-order valence-corrected chi connectivity index (χ4v) is 2.13. The van der Waals surface area contributed by atoms with Crippen LogP contribution in [0.5, 0.6) is 0 Å². The smallest absolute Gasteiger partial charge is 0.320 e. The van der Waals surface area contributed by atoms with Crippen LogP contribution in [0.3, 0.4) is 0 Å². The average Bonchev–Trinajstić information content (AvgIpc) is 2.42. The Labute approximate surface area is 126 Å². The lowest BCUT2D eigenvalue weighted by Crippen LogP contribution is -2.45. The van der Waals surface area contributed by atoms with Gasteiger partial charge in [-0.1, -0.05) is 52.0 Å². The van der Waals surface area contributed by atoms with Gasteiger partial charge in [0.15, 0.2) is 5.78 Å². The fourth-order valence-electron chi connectivity index (χ4n) is 2.13. The van der Waals surface area contributed by atoms with E-state index in [0.29, 0.717) is 12.0 Å². The molecule has 0 aromatic heterocycles. The van der Waals surface area contributed by atoms with E-state index in [2.05, 4.69) is 26.1 Å². The fraction of sp³-hybridized carbons (Fsp3) is 0.529. The summed E-state index contributed by atoms with van der Waals surface area (Å²) in [7, 11) is 0. The number of carbonyl (C=O) groups is 2. The molecule has 116 valence electrons. The second kappa shape index (κ2) is 6.85. The maximum atomic E-state index is 12.3. The Bertz CT molecular complexity index is 500. The summed E-state index contributed by atoms with van der Waals surface area (Å²) in [4.78, 5) is 23.3. The normalized spacial score (nSPS) is 14.5. The van der Waals surface area contributed by atoms with Crippen LogP contribution >= 0.6 is 0 Å². The number of aliphatic carboxylic acids is 1. The average molecular weight is 291 g/mol. The Morgan fingerprint density at radius 3 is 2.10 bits per heavy atom. The Hall–Kier alpha value is -1.68. The first-order chi connectivity index (χ1) is 9.66. The summed E-state index contributed by atoms with van der Waals surface area (Å²) in [6.45, 7) is 9.83. The molecule has 0 spiro atoms. The van der Waals surface area contributed by atoms with Gasteiger partial charge >= 0.3 is 5.97 Å². The third kappa shape index (κ3) is 4.67. The van der Waals surface area contributed by atoms with Crippen LogP contribution < -0.4 is 5.32 Å². The van der Waals surface area contributed by atoms with Gasteiger partial charge in [0.1, 0.15) is 6.04 Å². The number of rotatable bonds is 6. The Kier molecular flexibility index (Phi) is 5.67. The zero-order valence-corrected chi connectivity index (χ0v) is 13.4. The molecule has 1 aromatic rings. The van der Waals surface area contributed by atoms with E-state index in [-0.39, 0.29) is 11.2 Å². The third-order valence-electron chi connectivity index (χ3n) is 3.59. The molecule has 2 N–H and O–H groups in total. The summed E-state index contributed by atoms with van der Waals surface area (Å²) in [6, 6.07) is 6.30. The molecule has 0 radical (unpaired) electrons. The maximum absolute atomic E-state index is 12.3. The molecule has 0 aliphatic heterocycles. The number of carbonyl (C=O) groups excluding carboxylic acids is 1. The Morgan fingerprint density at radius 1 is 1.19 bits per heavy atom. The van der Waals surface area contributed by atoms with E-state index in [4.69, 9.17) is 5.11 Å². The van der Waals surface area contributed by atoms with Crippen molar-refractivity contribution in [3.05, 3.63) is 35.4 Å². The molecular weight excluding hydrogens is 266 g/mol. The summed E-state index contributed by atoms with van der Waals surface area (Å²) >= 11 is 0. The van der Waals surface area contributed by atoms with Crippen LogP contribution in [0.4, 0.5) is 0 Å². The van der Waals surface area contributed by atoms with Crippen molar-refractivity contribution in [2.45, 2.75) is 58.5 Å². The van der Waals surface area contributed by atoms with Gasteiger partial charge in [0, 0.05) is 5.56 Å². The van der Waals surface area contributed by atoms with Crippen molar-refractivity contribution in [2.75, 3.05) is 0 Å². The maximum Gasteiger partial charge on any atom is 0.320 e. The highest BCUT2D eigenvalue weighted by molar-refractivity contribution is 6.00. The van der Waals surface area contributed by atoms with Gasteiger partial charge in [-0.2, -0.15) is 0 Å². The first kappa shape index (κ1) is 17.4. The minimum absolute atomic E-state index is 0.0437. The van der Waals surface area contributed by atoms with Crippen molar-refractivity contribution in [3.63, 3.8) is 0 Å². The van der Waals surface area contributed by atoms with Gasteiger partial charge in [-0.3, -0.25) is 14.9 Å². The molecule has 21 heavy (non-hydrogen) atoms. The lowest BCUT2D eigenvalue weighted by Gasteiger charge is -2.20. The Balaban J connectivity index is 2.81. The molecule has 4 nitrogen and oxygen atoms in total. The molecule has 1 aromatic carbocycles. The van der Waals surface area contributed by atoms with Gasteiger partial charge in [0.05, 0.1) is 6.04 Å². The first-order valence-electron chi connectivity index (χ1n) is 7.30. The van der Waals surface area contributed by atoms with Crippen LogP contribution in [0.15, 0.2) is 24.3 Å². The summed E-state index contributed by atoms with van der Waals surface area (Å²) in [5, 5.41) is 11.9. The number of ketones is 1. The second-order valence-corrected chi connectivity index (χ2v) is 6.38. The van der Waals surface area contributed by atoms with Gasteiger partial charge < -0.3 is 5.11 Å². The van der Waals surface area contributed by atoms with Crippen molar-refractivity contribution in [1.29, 1.82) is 0 Å². The number of benzene rings is 1. The van der Waals surface area contributed by atoms with Gasteiger partial charge in [-0.15, -0.1) is 0 Å². The van der Waals surface area contributed by atoms with Crippen molar-refractivity contribution >= 4 is 11.8 Å². The van der Waals surface area contributed by atoms with E-state index in [9.17, 15) is 9.59 Å². The first-order valence-corrected chi connectivity index (χ1v) is 7.30. The van der Waals surface area contributed by atoms with Crippen LogP contribution in [0.2, 0.25) is 0 Å². The number of carboxylic acid groups (broad SMARTS) is 1. The summed E-state index contributed by atoms with van der Waals surface area (Å²) in [6.07, 6.45) is 0.440. The number of Topliss-reactive ketones (excluding diaryl/α,β-unsaturated/α-hetero) is 1. The second-order valence-electron chi connectivity index (χ2n) is 6.38. The molecule has 0 saturated carbocycles. The predicted octanol–water partition coefficient (Wildman–Crippen LogP) is 3.01. The van der Waals surface area contributed by atoms with Gasteiger partial charge in [0.25, 0.3) is 0 Å². The number of hydrogen-bond donors (Lipinski definition) is 2. The van der Waals surface area contributed by atoms with Crippen LogP contribution in [0, 0.1) is 0 Å². The number of hydrogen-bond acceptors (Lipinski definition) is 3.